The molecule has 0 aromatic rings. The van der Waals surface area contributed by atoms with E-state index < -0.39 is 12.1 Å². The summed E-state index contributed by atoms with van der Waals surface area (Å²) in [6.45, 7) is 4.93. The van der Waals surface area contributed by atoms with E-state index >= 15 is 0 Å². The van der Waals surface area contributed by atoms with Crippen LogP contribution in [0, 0.1) is 0 Å². The molecule has 0 aliphatic rings. The molecule has 0 heterocycles. The Morgan fingerprint density at radius 2 is 0.553 bits per heavy atom. The topological polar surface area (TPSA) is 95.9 Å². The van der Waals surface area contributed by atoms with Crippen LogP contribution < -0.4 is 5.32 Å². The summed E-state index contributed by atoms with van der Waals surface area (Å²) in [5.74, 6) is -0.0207. The van der Waals surface area contributed by atoms with Gasteiger partial charge < -0.3 is 20.3 Å². The Balaban J connectivity index is 3.36. The molecule has 3 N–H and O–H groups in total. The molecule has 0 saturated heterocycles. The number of hydrogen-bond donors (Lipinski definition) is 3. The van der Waals surface area contributed by atoms with Crippen LogP contribution in [0.5, 0.6) is 0 Å². The van der Waals surface area contributed by atoms with E-state index in [1.54, 1.807) is 0 Å². The summed E-state index contributed by atoms with van der Waals surface area (Å²) < 4.78 is 5.48. The molecule has 0 aliphatic carbocycles. The minimum Gasteiger partial charge on any atom is -0.466 e. The van der Waals surface area contributed by atoms with E-state index in [9.17, 15) is 19.8 Å². The Morgan fingerprint density at radius 1 is 0.298 bits per heavy atom. The van der Waals surface area contributed by atoms with Crippen molar-refractivity contribution < 1.29 is 24.5 Å². The van der Waals surface area contributed by atoms with Crippen LogP contribution in [0.4, 0.5) is 0 Å². The second-order valence-electron chi connectivity index (χ2n) is 29.5. The number of ether oxygens (including phenoxy) is 1. The molecule has 0 aromatic heterocycles. The standard InChI is InChI=1S/C88H167NO5/c1-3-5-7-9-11-13-15-17-18-19-20-21-22-38-41-44-47-50-53-57-60-64-68-72-76-80-86(91)85(84-90)89-87(92)81-77-73-69-65-61-58-54-51-48-45-42-39-36-34-32-30-28-26-24-23-25-27-29-31-33-35-37-40-43-46-49-52-55-59-63-67-71-75-79-83-94-88(93)82-78-74-70-66-62-56-16-14-12-10-8-6-4-2/h8,10,14,16,23-24,27,29,85-86,90-91H,3-7,9,11-13,15,17-22,25-26,28,30-84H2,1-2H3,(H,89,92)/b10-8-,16-14-,24-23-,29-27-. The highest BCUT2D eigenvalue weighted by Crippen LogP contribution is 2.20. The zero-order valence-corrected chi connectivity index (χ0v) is 63.7. The molecule has 0 spiro atoms. The van der Waals surface area contributed by atoms with Crippen molar-refractivity contribution >= 4 is 11.9 Å². The van der Waals surface area contributed by atoms with E-state index in [1.165, 1.54) is 385 Å². The summed E-state index contributed by atoms with van der Waals surface area (Å²) >= 11 is 0. The lowest BCUT2D eigenvalue weighted by molar-refractivity contribution is -0.143. The van der Waals surface area contributed by atoms with E-state index in [2.05, 4.69) is 67.8 Å². The molecule has 0 aromatic carbocycles. The largest absolute Gasteiger partial charge is 0.466 e. The van der Waals surface area contributed by atoms with Crippen molar-refractivity contribution in [1.29, 1.82) is 0 Å². The molecule has 2 atom stereocenters. The van der Waals surface area contributed by atoms with Gasteiger partial charge in [0.25, 0.3) is 0 Å². The van der Waals surface area contributed by atoms with Crippen LogP contribution in [0.1, 0.15) is 476 Å². The number of carbonyl (C=O) groups excluding carboxylic acids is 2. The maximum absolute atomic E-state index is 12.6. The van der Waals surface area contributed by atoms with Crippen molar-refractivity contribution in [2.45, 2.75) is 488 Å². The molecule has 0 saturated carbocycles. The fourth-order valence-corrected chi connectivity index (χ4v) is 13.6. The minimum absolute atomic E-state index is 0.00539. The number of rotatable bonds is 81. The molecule has 94 heavy (non-hydrogen) atoms. The Morgan fingerprint density at radius 3 is 0.851 bits per heavy atom. The molecule has 0 radical (unpaired) electrons. The highest BCUT2D eigenvalue weighted by Gasteiger charge is 2.20. The van der Waals surface area contributed by atoms with Crippen molar-refractivity contribution in [2.24, 2.45) is 0 Å². The predicted molar refractivity (Wildman–Crippen MR) is 416 cm³/mol. The zero-order chi connectivity index (χ0) is 67.7. The van der Waals surface area contributed by atoms with Gasteiger partial charge in [0.05, 0.1) is 25.4 Å². The van der Waals surface area contributed by atoms with Gasteiger partial charge in [-0.25, -0.2) is 0 Å². The van der Waals surface area contributed by atoms with Crippen LogP contribution in [0.3, 0.4) is 0 Å². The van der Waals surface area contributed by atoms with Crippen molar-refractivity contribution in [1.82, 2.24) is 5.32 Å². The van der Waals surface area contributed by atoms with E-state index in [0.717, 1.165) is 57.8 Å². The van der Waals surface area contributed by atoms with Gasteiger partial charge in [-0.3, -0.25) is 9.59 Å². The van der Waals surface area contributed by atoms with E-state index in [4.69, 9.17) is 4.74 Å². The summed E-state index contributed by atoms with van der Waals surface area (Å²) in [4.78, 5) is 24.6. The average Bonchev–Trinajstić information content (AvgIpc) is 3.72. The number of esters is 1. The van der Waals surface area contributed by atoms with Gasteiger partial charge in [-0.1, -0.05) is 428 Å². The maximum Gasteiger partial charge on any atom is 0.305 e. The second kappa shape index (κ2) is 83.2. The van der Waals surface area contributed by atoms with Gasteiger partial charge >= 0.3 is 5.97 Å². The molecule has 0 bridgehead atoms. The van der Waals surface area contributed by atoms with E-state index in [-0.39, 0.29) is 18.5 Å². The van der Waals surface area contributed by atoms with Gasteiger partial charge in [-0.15, -0.1) is 0 Å². The molecule has 0 rings (SSSR count). The van der Waals surface area contributed by atoms with Crippen LogP contribution in [-0.2, 0) is 14.3 Å². The molecule has 2 unspecified atom stereocenters. The number of amides is 1. The van der Waals surface area contributed by atoms with Gasteiger partial charge in [0.1, 0.15) is 0 Å². The first-order valence-electron chi connectivity index (χ1n) is 42.9. The molecule has 0 aliphatic heterocycles. The number of aliphatic hydroxyl groups is 2. The number of aliphatic hydroxyl groups excluding tert-OH is 2. The molecule has 1 amide bonds. The fraction of sp³-hybridized carbons (Fsp3) is 0.886. The highest BCUT2D eigenvalue weighted by molar-refractivity contribution is 5.76. The second-order valence-corrected chi connectivity index (χ2v) is 29.5. The summed E-state index contributed by atoms with van der Waals surface area (Å²) in [7, 11) is 0. The molecule has 554 valence electrons. The first kappa shape index (κ1) is 91.8. The summed E-state index contributed by atoms with van der Waals surface area (Å²) in [5.41, 5.74) is 0. The third-order valence-corrected chi connectivity index (χ3v) is 20.1. The van der Waals surface area contributed by atoms with Crippen LogP contribution in [0.25, 0.3) is 0 Å². The first-order chi connectivity index (χ1) is 46.5. The fourth-order valence-electron chi connectivity index (χ4n) is 13.6. The van der Waals surface area contributed by atoms with Crippen molar-refractivity contribution in [3.8, 4) is 0 Å². The number of unbranched alkanes of at least 4 members (excludes halogenated alkanes) is 62. The van der Waals surface area contributed by atoms with Gasteiger partial charge in [0.15, 0.2) is 0 Å². The quantitative estimate of drug-likeness (QED) is 0.0320. The number of allylic oxidation sites excluding steroid dienone is 8. The minimum atomic E-state index is -0.664. The van der Waals surface area contributed by atoms with E-state index in [1.807, 2.05) is 0 Å². The van der Waals surface area contributed by atoms with Gasteiger partial charge in [0.2, 0.25) is 5.91 Å². The van der Waals surface area contributed by atoms with Crippen LogP contribution >= 0.6 is 0 Å². The summed E-state index contributed by atoms with van der Waals surface area (Å²) in [5, 5.41) is 23.5. The predicted octanol–water partition coefficient (Wildman–Crippen LogP) is 28.7. The Hall–Kier alpha value is -2.18. The molecule has 6 nitrogen and oxygen atoms in total. The SMILES string of the molecule is CCC/C=C\C/C=C\CCCCCCCC(=O)OCCCCCCCCCCCCCCCCC/C=C\C/C=C\CCCCCCCCCCCCCCCCCCCC(=O)NC(CO)C(O)CCCCCCCCCCCCCCCCCCCCCCCCCCC. The summed E-state index contributed by atoms with van der Waals surface area (Å²) in [6, 6.07) is -0.541. The molecule has 6 heteroatoms. The highest BCUT2D eigenvalue weighted by atomic mass is 16.5. The van der Waals surface area contributed by atoms with Gasteiger partial charge in [0, 0.05) is 12.8 Å². The number of nitrogens with one attached hydrogen (secondary N) is 1. The smallest absolute Gasteiger partial charge is 0.305 e. The normalized spacial score (nSPS) is 12.7. The van der Waals surface area contributed by atoms with Gasteiger partial charge in [-0.05, 0) is 83.5 Å². The zero-order valence-electron chi connectivity index (χ0n) is 63.7. The Kier molecular flexibility index (Phi) is 81.3. The van der Waals surface area contributed by atoms with Crippen molar-refractivity contribution in [2.75, 3.05) is 13.2 Å². The maximum atomic E-state index is 12.6. The van der Waals surface area contributed by atoms with Crippen LogP contribution in [0.2, 0.25) is 0 Å². The number of hydrogen-bond acceptors (Lipinski definition) is 5. The van der Waals surface area contributed by atoms with E-state index in [0.29, 0.717) is 25.9 Å². The lowest BCUT2D eigenvalue weighted by Crippen LogP contribution is -2.45. The van der Waals surface area contributed by atoms with Crippen LogP contribution in [-0.4, -0.2) is 47.4 Å². The molecule has 0 fully saturated rings. The number of carbonyl (C=O) groups is 2. The summed E-state index contributed by atoms with van der Waals surface area (Å²) in [6.07, 6.45) is 111. The van der Waals surface area contributed by atoms with Crippen molar-refractivity contribution in [3.63, 3.8) is 0 Å². The van der Waals surface area contributed by atoms with Crippen molar-refractivity contribution in [3.05, 3.63) is 48.6 Å². The Bertz CT molecular complexity index is 1570. The first-order valence-corrected chi connectivity index (χ1v) is 42.9. The lowest BCUT2D eigenvalue weighted by atomic mass is 10.0. The van der Waals surface area contributed by atoms with Gasteiger partial charge in [-0.2, -0.15) is 0 Å². The Labute approximate surface area is 588 Å². The molecular weight excluding hydrogens is 1150 g/mol. The average molecular weight is 1320 g/mol. The molecular formula is C88H167NO5. The third-order valence-electron chi connectivity index (χ3n) is 20.1. The van der Waals surface area contributed by atoms with Crippen LogP contribution in [0.15, 0.2) is 48.6 Å². The monoisotopic (exact) mass is 1320 g/mol. The third kappa shape index (κ3) is 78.8. The lowest BCUT2D eigenvalue weighted by Gasteiger charge is -2.22.